The number of carboxylic acid groups (broad SMARTS) is 1. The summed E-state index contributed by atoms with van der Waals surface area (Å²) in [5.41, 5.74) is 2.39. The van der Waals surface area contributed by atoms with Gasteiger partial charge in [0.2, 0.25) is 0 Å². The molecule has 1 heterocycles. The molecule has 0 aliphatic rings. The van der Waals surface area contributed by atoms with E-state index in [0.29, 0.717) is 5.76 Å². The third kappa shape index (κ3) is 2.54. The van der Waals surface area contributed by atoms with Gasteiger partial charge < -0.3 is 9.63 Å². The topological polar surface area (TPSA) is 63.3 Å². The summed E-state index contributed by atoms with van der Waals surface area (Å²) in [6.45, 7) is 0. The second-order valence-electron chi connectivity index (χ2n) is 4.30. The van der Waals surface area contributed by atoms with Gasteiger partial charge in [0.1, 0.15) is 5.52 Å². The highest BCUT2D eigenvalue weighted by Crippen LogP contribution is 2.29. The van der Waals surface area contributed by atoms with Crippen LogP contribution in [0.1, 0.15) is 13.0 Å². The van der Waals surface area contributed by atoms with E-state index in [2.05, 4.69) is 5.16 Å². The third-order valence-electron chi connectivity index (χ3n) is 2.93. The predicted octanol–water partition coefficient (Wildman–Crippen LogP) is 3.76. The number of fused-ring (bicyclic) bond motifs is 1. The lowest BCUT2D eigenvalue weighted by molar-refractivity contribution is -0.136. The standard InChI is InChI=1S/C15H11NO3.CH4/c17-14(18)9-10-6-7-13-12(8-10)15(19-16-13)11-4-2-1-3-5-11;/h1-8H,9H2,(H,17,18);1H4. The van der Waals surface area contributed by atoms with Crippen LogP contribution in [0.15, 0.2) is 53.1 Å². The van der Waals surface area contributed by atoms with Crippen LogP contribution in [0, 0.1) is 0 Å². The molecular formula is C16H15NO3. The van der Waals surface area contributed by atoms with Crippen LogP contribution in [-0.2, 0) is 11.2 Å². The molecule has 0 unspecified atom stereocenters. The van der Waals surface area contributed by atoms with Crippen molar-refractivity contribution in [1.82, 2.24) is 5.16 Å². The molecule has 102 valence electrons. The molecule has 4 nitrogen and oxygen atoms in total. The molecule has 3 aromatic rings. The van der Waals surface area contributed by atoms with E-state index in [1.807, 2.05) is 36.4 Å². The summed E-state index contributed by atoms with van der Waals surface area (Å²) in [4.78, 5) is 10.8. The fourth-order valence-corrected chi connectivity index (χ4v) is 2.07. The number of rotatable bonds is 3. The minimum absolute atomic E-state index is 0. The number of aliphatic carboxylic acids is 1. The summed E-state index contributed by atoms with van der Waals surface area (Å²) in [5.74, 6) is -0.181. The zero-order chi connectivity index (χ0) is 13.2. The molecule has 2 aromatic carbocycles. The van der Waals surface area contributed by atoms with Crippen molar-refractivity contribution >= 4 is 16.9 Å². The van der Waals surface area contributed by atoms with E-state index in [1.54, 1.807) is 12.1 Å². The maximum Gasteiger partial charge on any atom is 0.307 e. The van der Waals surface area contributed by atoms with Gasteiger partial charge in [-0.15, -0.1) is 0 Å². The van der Waals surface area contributed by atoms with Crippen LogP contribution in [0.3, 0.4) is 0 Å². The lowest BCUT2D eigenvalue weighted by Crippen LogP contribution is -1.99. The van der Waals surface area contributed by atoms with Gasteiger partial charge in [-0.2, -0.15) is 0 Å². The fourth-order valence-electron chi connectivity index (χ4n) is 2.07. The Balaban J connectivity index is 0.00000147. The number of carbonyl (C=O) groups is 1. The minimum Gasteiger partial charge on any atom is -0.481 e. The van der Waals surface area contributed by atoms with E-state index in [9.17, 15) is 4.79 Å². The van der Waals surface area contributed by atoms with Crippen molar-refractivity contribution in [2.24, 2.45) is 0 Å². The first-order valence-corrected chi connectivity index (χ1v) is 5.89. The normalized spacial score (nSPS) is 10.2. The zero-order valence-electron chi connectivity index (χ0n) is 10.0. The summed E-state index contributed by atoms with van der Waals surface area (Å²) in [6, 6.07) is 15.0. The SMILES string of the molecule is C.O=C(O)Cc1ccc2noc(-c3ccccc3)c2c1. The number of hydrogen-bond donors (Lipinski definition) is 1. The van der Waals surface area contributed by atoms with Gasteiger partial charge in [-0.1, -0.05) is 49.0 Å². The van der Waals surface area contributed by atoms with Gasteiger partial charge in [0, 0.05) is 10.9 Å². The summed E-state index contributed by atoms with van der Waals surface area (Å²) < 4.78 is 5.36. The summed E-state index contributed by atoms with van der Waals surface area (Å²) in [5, 5.41) is 13.7. The minimum atomic E-state index is -0.850. The molecular weight excluding hydrogens is 254 g/mol. The van der Waals surface area contributed by atoms with Gasteiger partial charge in [-0.3, -0.25) is 4.79 Å². The lowest BCUT2D eigenvalue weighted by Gasteiger charge is -1.98. The maximum absolute atomic E-state index is 10.8. The predicted molar refractivity (Wildman–Crippen MR) is 77.5 cm³/mol. The van der Waals surface area contributed by atoms with Gasteiger partial charge >= 0.3 is 5.97 Å². The Hall–Kier alpha value is -2.62. The lowest BCUT2D eigenvalue weighted by atomic mass is 10.0. The Labute approximate surface area is 116 Å². The van der Waals surface area contributed by atoms with Crippen molar-refractivity contribution in [2.75, 3.05) is 0 Å². The number of carboxylic acids is 1. The largest absolute Gasteiger partial charge is 0.481 e. The van der Waals surface area contributed by atoms with E-state index in [-0.39, 0.29) is 13.8 Å². The summed E-state index contributed by atoms with van der Waals surface area (Å²) in [6.07, 6.45) is -0.00461. The highest BCUT2D eigenvalue weighted by Gasteiger charge is 2.11. The fraction of sp³-hybridized carbons (Fsp3) is 0.125. The van der Waals surface area contributed by atoms with Crippen molar-refractivity contribution in [3.8, 4) is 11.3 Å². The molecule has 1 N–H and O–H groups in total. The Bertz CT molecular complexity index is 732. The Morgan fingerprint density at radius 2 is 1.90 bits per heavy atom. The van der Waals surface area contributed by atoms with E-state index < -0.39 is 5.97 Å². The second-order valence-corrected chi connectivity index (χ2v) is 4.30. The number of benzene rings is 2. The summed E-state index contributed by atoms with van der Waals surface area (Å²) in [7, 11) is 0. The smallest absolute Gasteiger partial charge is 0.307 e. The van der Waals surface area contributed by atoms with Crippen molar-refractivity contribution in [1.29, 1.82) is 0 Å². The van der Waals surface area contributed by atoms with Gasteiger partial charge in [0.05, 0.1) is 6.42 Å². The molecule has 0 saturated carbocycles. The molecule has 0 aliphatic carbocycles. The molecule has 4 heteroatoms. The van der Waals surface area contributed by atoms with Crippen molar-refractivity contribution < 1.29 is 14.4 Å². The zero-order valence-corrected chi connectivity index (χ0v) is 10.0. The van der Waals surface area contributed by atoms with Crippen molar-refractivity contribution in [2.45, 2.75) is 13.8 Å². The number of nitrogens with zero attached hydrogens (tertiary/aromatic N) is 1. The van der Waals surface area contributed by atoms with Gasteiger partial charge in [-0.05, 0) is 17.7 Å². The van der Waals surface area contributed by atoms with E-state index >= 15 is 0 Å². The molecule has 0 fully saturated rings. The molecule has 0 radical (unpaired) electrons. The van der Waals surface area contributed by atoms with Crippen molar-refractivity contribution in [3.05, 3.63) is 54.1 Å². The average Bonchev–Trinajstić information content (AvgIpc) is 2.82. The molecule has 0 amide bonds. The monoisotopic (exact) mass is 269 g/mol. The number of hydrogen-bond acceptors (Lipinski definition) is 3. The van der Waals surface area contributed by atoms with Crippen LogP contribution in [0.25, 0.3) is 22.2 Å². The van der Waals surface area contributed by atoms with Crippen LogP contribution >= 0.6 is 0 Å². The average molecular weight is 269 g/mol. The molecule has 0 saturated heterocycles. The Kier molecular flexibility index (Phi) is 3.84. The first-order valence-electron chi connectivity index (χ1n) is 5.89. The second kappa shape index (κ2) is 5.57. The third-order valence-corrected chi connectivity index (χ3v) is 2.93. The van der Waals surface area contributed by atoms with Crippen molar-refractivity contribution in [3.63, 3.8) is 0 Å². The molecule has 3 rings (SSSR count). The van der Waals surface area contributed by atoms with Crippen LogP contribution in [0.5, 0.6) is 0 Å². The van der Waals surface area contributed by atoms with Crippen LogP contribution in [0.2, 0.25) is 0 Å². The highest BCUT2D eigenvalue weighted by molar-refractivity contribution is 5.92. The van der Waals surface area contributed by atoms with Crippen LogP contribution < -0.4 is 0 Å². The molecule has 20 heavy (non-hydrogen) atoms. The maximum atomic E-state index is 10.8. The first-order chi connectivity index (χ1) is 9.24. The van der Waals surface area contributed by atoms with E-state index in [4.69, 9.17) is 9.63 Å². The Morgan fingerprint density at radius 1 is 1.15 bits per heavy atom. The molecule has 0 atom stereocenters. The Morgan fingerprint density at radius 3 is 2.60 bits per heavy atom. The van der Waals surface area contributed by atoms with Crippen LogP contribution in [0.4, 0.5) is 0 Å². The summed E-state index contributed by atoms with van der Waals surface area (Å²) >= 11 is 0. The van der Waals surface area contributed by atoms with Gasteiger partial charge in [0.25, 0.3) is 0 Å². The number of aromatic nitrogens is 1. The first kappa shape index (κ1) is 13.8. The van der Waals surface area contributed by atoms with Gasteiger partial charge in [-0.25, -0.2) is 0 Å². The van der Waals surface area contributed by atoms with E-state index in [1.165, 1.54) is 0 Å². The highest BCUT2D eigenvalue weighted by atomic mass is 16.5. The molecule has 0 spiro atoms. The van der Waals surface area contributed by atoms with E-state index in [0.717, 1.165) is 22.0 Å². The molecule has 1 aromatic heterocycles. The molecule has 0 bridgehead atoms. The van der Waals surface area contributed by atoms with Crippen LogP contribution in [-0.4, -0.2) is 16.2 Å². The quantitative estimate of drug-likeness (QED) is 0.786. The van der Waals surface area contributed by atoms with Gasteiger partial charge in [0.15, 0.2) is 5.76 Å². The molecule has 0 aliphatic heterocycles.